The number of carboxylic acids is 1. The summed E-state index contributed by atoms with van der Waals surface area (Å²) in [6, 6.07) is 36.5. The van der Waals surface area contributed by atoms with Gasteiger partial charge < -0.3 is 19.1 Å². The van der Waals surface area contributed by atoms with Gasteiger partial charge >= 0.3 is 5.97 Å². The maximum atomic E-state index is 12.0. The number of fused-ring (bicyclic) bond motifs is 10. The largest absolute Gasteiger partial charge is 0.477 e. The van der Waals surface area contributed by atoms with E-state index in [1.807, 2.05) is 22.2 Å². The summed E-state index contributed by atoms with van der Waals surface area (Å²) in [5.74, 6) is -0.750. The molecule has 0 amide bonds. The van der Waals surface area contributed by atoms with E-state index in [2.05, 4.69) is 139 Å². The average molecular weight is 928 g/mol. The zero-order valence-electron chi connectivity index (χ0n) is 39.3. The molecule has 0 bridgehead atoms. The number of aryl methyl sites for hydroxylation is 2. The van der Waals surface area contributed by atoms with E-state index >= 15 is 0 Å². The van der Waals surface area contributed by atoms with Crippen molar-refractivity contribution in [2.24, 2.45) is 5.92 Å². The van der Waals surface area contributed by atoms with E-state index in [1.54, 1.807) is 11.3 Å². The molecule has 9 aromatic rings. The molecule has 67 heavy (non-hydrogen) atoms. The number of unbranched alkanes of at least 4 members (excludes halogenated alkanes) is 7. The molecule has 1 unspecified atom stereocenters. The van der Waals surface area contributed by atoms with E-state index in [1.165, 1.54) is 68.8 Å². The first-order valence-electron chi connectivity index (χ1n) is 24.5. The highest BCUT2D eigenvalue weighted by atomic mass is 32.1. The molecule has 5 aromatic heterocycles. The van der Waals surface area contributed by atoms with E-state index in [0.29, 0.717) is 5.92 Å². The van der Waals surface area contributed by atoms with Gasteiger partial charge in [0.15, 0.2) is 0 Å². The highest BCUT2D eigenvalue weighted by Gasteiger charge is 2.29. The molecule has 0 radical (unpaired) electrons. The monoisotopic (exact) mass is 927 g/mol. The molecule has 1 N–H and O–H groups in total. The second kappa shape index (κ2) is 20.7. The molecular weight excluding hydrogens is 867 g/mol. The van der Waals surface area contributed by atoms with Gasteiger partial charge in [-0.15, -0.1) is 22.7 Å². The van der Waals surface area contributed by atoms with Gasteiger partial charge in [-0.2, -0.15) is 20.3 Å². The van der Waals surface area contributed by atoms with Crippen LogP contribution in [0.5, 0.6) is 0 Å². The summed E-state index contributed by atoms with van der Waals surface area (Å²) in [6.07, 6.45) is 15.1. The number of rotatable bonds is 22. The van der Waals surface area contributed by atoms with Crippen molar-refractivity contribution in [3.63, 3.8) is 0 Å². The van der Waals surface area contributed by atoms with Gasteiger partial charge in [0.25, 0.3) is 0 Å². The Morgan fingerprint density at radius 3 is 1.76 bits per heavy atom. The van der Waals surface area contributed by atoms with Gasteiger partial charge in [-0.25, -0.2) is 4.79 Å². The van der Waals surface area contributed by atoms with Crippen molar-refractivity contribution in [3.8, 4) is 16.5 Å². The minimum atomic E-state index is -1.22. The molecule has 5 heterocycles. The average Bonchev–Trinajstić information content (AvgIpc) is 4.18. The smallest absolute Gasteiger partial charge is 0.346 e. The van der Waals surface area contributed by atoms with E-state index in [4.69, 9.17) is 10.2 Å². The highest BCUT2D eigenvalue weighted by molar-refractivity contribution is 7.23. The number of benzene rings is 4. The lowest BCUT2D eigenvalue weighted by Gasteiger charge is -2.25. The number of anilines is 3. The van der Waals surface area contributed by atoms with E-state index in [-0.39, 0.29) is 5.57 Å². The van der Waals surface area contributed by atoms with Crippen molar-refractivity contribution in [1.29, 1.82) is 5.26 Å². The molecule has 0 aliphatic carbocycles. The predicted octanol–water partition coefficient (Wildman–Crippen LogP) is 16.3. The van der Waals surface area contributed by atoms with Crippen molar-refractivity contribution in [3.05, 3.63) is 108 Å². The molecule has 0 aliphatic heterocycles. The maximum Gasteiger partial charge on any atom is 0.346 e. The Kier molecular flexibility index (Phi) is 14.2. The molecule has 11 heteroatoms. The van der Waals surface area contributed by atoms with Gasteiger partial charge in [-0.1, -0.05) is 134 Å². The molecule has 9 nitrogen and oxygen atoms in total. The molecule has 0 spiro atoms. The summed E-state index contributed by atoms with van der Waals surface area (Å²) < 4.78 is 7.40. The van der Waals surface area contributed by atoms with E-state index < -0.39 is 5.97 Å². The first-order chi connectivity index (χ1) is 32.9. The fraction of sp³-hybridized carbons (Fsp3) is 0.357. The van der Waals surface area contributed by atoms with Gasteiger partial charge in [0.2, 0.25) is 0 Å². The highest BCUT2D eigenvalue weighted by Crippen LogP contribution is 2.49. The zero-order chi connectivity index (χ0) is 46.4. The van der Waals surface area contributed by atoms with Crippen molar-refractivity contribution >= 4 is 105 Å². The third-order valence-corrected chi connectivity index (χ3v) is 15.6. The molecule has 0 saturated carbocycles. The van der Waals surface area contributed by atoms with Crippen LogP contribution in [0.3, 0.4) is 0 Å². The van der Waals surface area contributed by atoms with Gasteiger partial charge in [0.05, 0.1) is 38.0 Å². The predicted molar refractivity (Wildman–Crippen MR) is 282 cm³/mol. The standard InChI is InChI=1S/C56H61N7O2S2/c1-5-9-12-20-31-60-45-34-44(33-40(36-57)56(64)65)66-54(45)48-50-51(59-62(58-50)37-38(8-4)22-11-7-3)49-53(52(48)60)61(32-21-13-10-6-2)46-35-47(67-55(46)49)39-27-29-43(30-28-39)63(41-23-16-14-17-24-41)42-25-18-15-19-26-42/h14-19,23-30,33-35,38H,5-13,20-22,31-32,37H2,1-4H3,(H,64,65)/b40-33-. The van der Waals surface area contributed by atoms with Crippen molar-refractivity contribution in [1.82, 2.24) is 24.1 Å². The fourth-order valence-corrected chi connectivity index (χ4v) is 12.2. The molecule has 1 atom stereocenters. The van der Waals surface area contributed by atoms with Crippen molar-refractivity contribution in [2.75, 3.05) is 4.90 Å². The van der Waals surface area contributed by atoms with Crippen molar-refractivity contribution < 1.29 is 9.90 Å². The summed E-state index contributed by atoms with van der Waals surface area (Å²) in [6.45, 7) is 11.5. The van der Waals surface area contributed by atoms with Crippen LogP contribution in [0.15, 0.2) is 103 Å². The molecule has 344 valence electrons. The Labute approximate surface area is 401 Å². The van der Waals surface area contributed by atoms with Gasteiger partial charge in [0.1, 0.15) is 22.7 Å². The van der Waals surface area contributed by atoms with Crippen LogP contribution in [0.25, 0.3) is 69.8 Å². The first kappa shape index (κ1) is 45.9. The Balaban J connectivity index is 1.29. The van der Waals surface area contributed by atoms with Crippen LogP contribution < -0.4 is 4.90 Å². The lowest BCUT2D eigenvalue weighted by atomic mass is 10.00. The van der Waals surface area contributed by atoms with E-state index in [9.17, 15) is 15.2 Å². The lowest BCUT2D eigenvalue weighted by molar-refractivity contribution is -0.132. The number of nitrogens with zero attached hydrogens (tertiary/aromatic N) is 7. The maximum absolute atomic E-state index is 12.0. The minimum absolute atomic E-state index is 0.268. The molecule has 9 rings (SSSR count). The van der Waals surface area contributed by atoms with Crippen LogP contribution in [-0.4, -0.2) is 35.2 Å². The number of carboxylic acid groups (broad SMARTS) is 1. The summed E-state index contributed by atoms with van der Waals surface area (Å²) in [5, 5.41) is 32.8. The number of thiophene rings is 2. The Morgan fingerprint density at radius 1 is 0.701 bits per heavy atom. The lowest BCUT2D eigenvalue weighted by Crippen LogP contribution is -2.12. The van der Waals surface area contributed by atoms with Crippen LogP contribution in [-0.2, 0) is 24.4 Å². The molecule has 0 saturated heterocycles. The Morgan fingerprint density at radius 2 is 1.24 bits per heavy atom. The second-order valence-electron chi connectivity index (χ2n) is 18.0. The molecule has 4 aromatic carbocycles. The summed E-state index contributed by atoms with van der Waals surface area (Å²) >= 11 is 3.41. The van der Waals surface area contributed by atoms with Crippen LogP contribution >= 0.6 is 22.7 Å². The molecular formula is C56H61N7O2S2. The summed E-state index contributed by atoms with van der Waals surface area (Å²) in [5.41, 5.74) is 10.7. The quantitative estimate of drug-likeness (QED) is 0.0412. The Hall–Kier alpha value is -6.22. The molecule has 0 fully saturated rings. The topological polar surface area (TPSA) is 105 Å². The van der Waals surface area contributed by atoms with Gasteiger partial charge in [0, 0.05) is 50.7 Å². The summed E-state index contributed by atoms with van der Waals surface area (Å²) in [4.78, 5) is 18.3. The second-order valence-corrected chi connectivity index (χ2v) is 20.1. The third-order valence-electron chi connectivity index (χ3n) is 13.4. The third kappa shape index (κ3) is 9.14. The van der Waals surface area contributed by atoms with Crippen molar-refractivity contribution in [2.45, 2.75) is 124 Å². The zero-order valence-corrected chi connectivity index (χ0v) is 40.9. The first-order valence-corrected chi connectivity index (χ1v) is 26.1. The number of aliphatic carboxylic acids is 1. The van der Waals surface area contributed by atoms with Gasteiger partial charge in [-0.05, 0) is 85.4 Å². The van der Waals surface area contributed by atoms with Crippen LogP contribution in [0.1, 0.15) is 110 Å². The fourth-order valence-electron chi connectivity index (χ4n) is 9.84. The normalized spacial score (nSPS) is 12.6. The SMILES string of the molecule is CCCCCCn1c2cc(/C=C(/C#N)C(=O)O)sc2c2c3nn(CC(CC)CCCC)nc3c3c4sc(-c5ccc(N(c6ccccc6)c6ccccc6)cc5)cc4n(CCCCCC)c3c21. The number of aromatic nitrogens is 5. The summed E-state index contributed by atoms with van der Waals surface area (Å²) in [7, 11) is 0. The Bertz CT molecular complexity index is 3180. The van der Waals surface area contributed by atoms with Crippen LogP contribution in [0.2, 0.25) is 0 Å². The van der Waals surface area contributed by atoms with Crippen LogP contribution in [0.4, 0.5) is 17.1 Å². The number of para-hydroxylation sites is 2. The van der Waals surface area contributed by atoms with Gasteiger partial charge in [-0.3, -0.25) is 0 Å². The van der Waals surface area contributed by atoms with E-state index in [0.717, 1.165) is 120 Å². The number of hydrogen-bond donors (Lipinski definition) is 1. The molecule has 0 aliphatic rings. The number of carbonyl (C=O) groups is 1. The van der Waals surface area contributed by atoms with Crippen LogP contribution in [0, 0.1) is 17.2 Å². The number of nitriles is 1. The minimum Gasteiger partial charge on any atom is -0.477 e. The number of hydrogen-bond acceptors (Lipinski definition) is 7.